The number of carbonyl (C=O) groups is 1. The molecule has 0 bridgehead atoms. The van der Waals surface area contributed by atoms with Crippen molar-refractivity contribution in [3.8, 4) is 0 Å². The third-order valence-electron chi connectivity index (χ3n) is 3.96. The Morgan fingerprint density at radius 3 is 3.19 bits per heavy atom. The highest BCUT2D eigenvalue weighted by Gasteiger charge is 2.19. The molecule has 0 unspecified atom stereocenters. The maximum absolute atomic E-state index is 11.9. The van der Waals surface area contributed by atoms with Crippen LogP contribution in [0.4, 0.5) is 0 Å². The summed E-state index contributed by atoms with van der Waals surface area (Å²) in [4.78, 5) is 18.8. The van der Waals surface area contributed by atoms with Gasteiger partial charge in [0.15, 0.2) is 0 Å². The molecule has 1 aromatic rings. The number of carbonyl (C=O) groups excluding carboxylic acids is 1. The van der Waals surface area contributed by atoms with Gasteiger partial charge in [0.25, 0.3) is 0 Å². The zero-order chi connectivity index (χ0) is 15.1. The smallest absolute Gasteiger partial charge is 0.220 e. The number of nitrogens with one attached hydrogen (secondary N) is 1. The highest BCUT2D eigenvalue weighted by atomic mass is 32.2. The van der Waals surface area contributed by atoms with Crippen molar-refractivity contribution in [3.05, 3.63) is 16.1 Å². The van der Waals surface area contributed by atoms with Crippen LogP contribution in [-0.4, -0.2) is 41.7 Å². The molecule has 0 aromatic carbocycles. The summed E-state index contributed by atoms with van der Waals surface area (Å²) < 4.78 is 0. The zero-order valence-corrected chi connectivity index (χ0v) is 14.6. The molecular formula is C15H25N3OS2. The Hall–Kier alpha value is -0.590. The van der Waals surface area contributed by atoms with Crippen LogP contribution >= 0.6 is 23.1 Å². The van der Waals surface area contributed by atoms with Gasteiger partial charge in [-0.05, 0) is 39.1 Å². The van der Waals surface area contributed by atoms with E-state index >= 15 is 0 Å². The summed E-state index contributed by atoms with van der Waals surface area (Å²) in [6.45, 7) is 1.73. The van der Waals surface area contributed by atoms with Gasteiger partial charge < -0.3 is 10.2 Å². The van der Waals surface area contributed by atoms with E-state index in [2.05, 4.69) is 28.5 Å². The van der Waals surface area contributed by atoms with E-state index in [-0.39, 0.29) is 5.91 Å². The van der Waals surface area contributed by atoms with Gasteiger partial charge in [-0.3, -0.25) is 4.79 Å². The molecule has 0 aliphatic carbocycles. The molecule has 2 rings (SSSR count). The van der Waals surface area contributed by atoms with Gasteiger partial charge in [0, 0.05) is 23.6 Å². The Kier molecular flexibility index (Phi) is 6.99. The van der Waals surface area contributed by atoms with Crippen molar-refractivity contribution in [1.29, 1.82) is 0 Å². The first-order valence-corrected chi connectivity index (χ1v) is 9.85. The number of hydrogen-bond acceptors (Lipinski definition) is 5. The second kappa shape index (κ2) is 8.76. The van der Waals surface area contributed by atoms with Crippen molar-refractivity contribution in [2.24, 2.45) is 0 Å². The van der Waals surface area contributed by atoms with E-state index in [9.17, 15) is 4.79 Å². The van der Waals surface area contributed by atoms with Gasteiger partial charge in [-0.2, -0.15) is 11.8 Å². The minimum atomic E-state index is 0.147. The van der Waals surface area contributed by atoms with Crippen LogP contribution in [0.25, 0.3) is 0 Å². The second-order valence-electron chi connectivity index (χ2n) is 5.61. The fourth-order valence-electron chi connectivity index (χ4n) is 2.70. The quantitative estimate of drug-likeness (QED) is 0.836. The molecular weight excluding hydrogens is 302 g/mol. The predicted molar refractivity (Wildman–Crippen MR) is 90.7 cm³/mol. The third-order valence-corrected chi connectivity index (χ3v) is 5.60. The second-order valence-corrected chi connectivity index (χ2v) is 7.42. The molecule has 1 saturated heterocycles. The van der Waals surface area contributed by atoms with E-state index in [1.165, 1.54) is 25.8 Å². The van der Waals surface area contributed by atoms with E-state index in [4.69, 9.17) is 0 Å². The lowest BCUT2D eigenvalue weighted by Gasteiger charge is -2.32. The molecule has 1 aliphatic rings. The number of aromatic nitrogens is 1. The Bertz CT molecular complexity index is 450. The van der Waals surface area contributed by atoms with Gasteiger partial charge in [0.1, 0.15) is 5.01 Å². The summed E-state index contributed by atoms with van der Waals surface area (Å²) in [5.41, 5.74) is 0.979. The van der Waals surface area contributed by atoms with Crippen LogP contribution in [0, 0.1) is 0 Å². The van der Waals surface area contributed by atoms with Crippen LogP contribution in [0.15, 0.2) is 5.38 Å². The molecule has 2 heterocycles. The monoisotopic (exact) mass is 327 g/mol. The number of amides is 1. The van der Waals surface area contributed by atoms with Gasteiger partial charge in [0.05, 0.1) is 12.2 Å². The van der Waals surface area contributed by atoms with Gasteiger partial charge in [-0.25, -0.2) is 4.98 Å². The molecule has 1 aliphatic heterocycles. The molecule has 4 nitrogen and oxygen atoms in total. The third kappa shape index (κ3) is 5.60. The molecule has 0 radical (unpaired) electrons. The Morgan fingerprint density at radius 2 is 2.43 bits per heavy atom. The maximum atomic E-state index is 11.9. The highest BCUT2D eigenvalue weighted by Crippen LogP contribution is 2.19. The Balaban J connectivity index is 1.66. The van der Waals surface area contributed by atoms with E-state index < -0.39 is 0 Å². The van der Waals surface area contributed by atoms with Crippen LogP contribution in [0.3, 0.4) is 0 Å². The summed E-state index contributed by atoms with van der Waals surface area (Å²) in [7, 11) is 2.17. The SMILES string of the molecule is CSCc1nc(CNC(=O)CC[C@H]2CCCCN2C)cs1. The molecule has 118 valence electrons. The van der Waals surface area contributed by atoms with Crippen LogP contribution in [0.2, 0.25) is 0 Å². The summed E-state index contributed by atoms with van der Waals surface area (Å²) >= 11 is 3.44. The summed E-state index contributed by atoms with van der Waals surface area (Å²) in [6.07, 6.45) is 7.49. The van der Waals surface area contributed by atoms with Gasteiger partial charge in [-0.15, -0.1) is 11.3 Å². The number of piperidine rings is 1. The van der Waals surface area contributed by atoms with Crippen molar-refractivity contribution < 1.29 is 4.79 Å². The van der Waals surface area contributed by atoms with Crippen molar-refractivity contribution in [2.75, 3.05) is 19.8 Å². The average molecular weight is 328 g/mol. The largest absolute Gasteiger partial charge is 0.350 e. The molecule has 1 N–H and O–H groups in total. The van der Waals surface area contributed by atoms with Crippen LogP contribution in [0.5, 0.6) is 0 Å². The first kappa shape index (κ1) is 16.8. The number of thiazole rings is 1. The van der Waals surface area contributed by atoms with Gasteiger partial charge >= 0.3 is 0 Å². The van der Waals surface area contributed by atoms with Gasteiger partial charge in [-0.1, -0.05) is 6.42 Å². The molecule has 1 amide bonds. The summed E-state index contributed by atoms with van der Waals surface area (Å²) in [5, 5.41) is 6.17. The van der Waals surface area contributed by atoms with E-state index in [1.54, 1.807) is 23.1 Å². The zero-order valence-electron chi connectivity index (χ0n) is 12.9. The lowest BCUT2D eigenvalue weighted by Crippen LogP contribution is -2.37. The first-order chi connectivity index (χ1) is 10.2. The van der Waals surface area contributed by atoms with Crippen LogP contribution in [-0.2, 0) is 17.1 Å². The number of thioether (sulfide) groups is 1. The molecule has 1 fully saturated rings. The molecule has 1 atom stereocenters. The Labute approximate surface area is 135 Å². The highest BCUT2D eigenvalue weighted by molar-refractivity contribution is 7.97. The number of rotatable bonds is 7. The minimum absolute atomic E-state index is 0.147. The molecule has 0 saturated carbocycles. The lowest BCUT2D eigenvalue weighted by atomic mass is 9.98. The fraction of sp³-hybridized carbons (Fsp3) is 0.733. The first-order valence-electron chi connectivity index (χ1n) is 7.58. The number of likely N-dealkylation sites (tertiary alicyclic amines) is 1. The topological polar surface area (TPSA) is 45.2 Å². The number of nitrogens with zero attached hydrogens (tertiary/aromatic N) is 2. The average Bonchev–Trinajstić information content (AvgIpc) is 2.92. The standard InChI is InChI=1S/C15H25N3OS2/c1-18-8-4-3-5-13(18)6-7-14(19)16-9-12-10-21-15(17-12)11-20-2/h10,13H,3-9,11H2,1-2H3,(H,16,19)/t13-/m1/s1. The van der Waals surface area contributed by atoms with Crippen molar-refractivity contribution in [3.63, 3.8) is 0 Å². The van der Waals surface area contributed by atoms with Gasteiger partial charge in [0.2, 0.25) is 5.91 Å². The maximum Gasteiger partial charge on any atom is 0.220 e. The Morgan fingerprint density at radius 1 is 1.57 bits per heavy atom. The minimum Gasteiger partial charge on any atom is -0.350 e. The fourth-order valence-corrected chi connectivity index (χ4v) is 4.22. The molecule has 6 heteroatoms. The summed E-state index contributed by atoms with van der Waals surface area (Å²) in [6, 6.07) is 0.581. The van der Waals surface area contributed by atoms with Crippen molar-refractivity contribution in [1.82, 2.24) is 15.2 Å². The van der Waals surface area contributed by atoms with E-state index in [1.807, 2.05) is 5.38 Å². The molecule has 1 aromatic heterocycles. The van der Waals surface area contributed by atoms with Crippen LogP contribution in [0.1, 0.15) is 42.8 Å². The van der Waals surface area contributed by atoms with E-state index in [0.717, 1.165) is 22.9 Å². The van der Waals surface area contributed by atoms with Crippen LogP contribution < -0.4 is 5.32 Å². The van der Waals surface area contributed by atoms with E-state index in [0.29, 0.717) is 19.0 Å². The predicted octanol–water partition coefficient (Wildman–Crippen LogP) is 2.89. The molecule has 21 heavy (non-hydrogen) atoms. The van der Waals surface area contributed by atoms with Crippen molar-refractivity contribution in [2.45, 2.75) is 50.4 Å². The lowest BCUT2D eigenvalue weighted by molar-refractivity contribution is -0.121. The molecule has 0 spiro atoms. The normalized spacial score (nSPS) is 19.6. The van der Waals surface area contributed by atoms with Crippen molar-refractivity contribution >= 4 is 29.0 Å². The number of hydrogen-bond donors (Lipinski definition) is 1. The summed E-state index contributed by atoms with van der Waals surface area (Å²) in [5.74, 6) is 1.10.